The van der Waals surface area contributed by atoms with Gasteiger partial charge in [0, 0.05) is 6.04 Å². The molecule has 0 aliphatic heterocycles. The Balaban J connectivity index is 3.26. The van der Waals surface area contributed by atoms with E-state index < -0.39 is 15.2 Å². The SMILES string of the molecule is CC(C)n1nncc1S(=O)(=O)F. The molecule has 1 aromatic rings. The summed E-state index contributed by atoms with van der Waals surface area (Å²) in [4.78, 5) is 0. The van der Waals surface area contributed by atoms with Crippen molar-refractivity contribution >= 4 is 10.2 Å². The molecule has 0 fully saturated rings. The van der Waals surface area contributed by atoms with Crippen molar-refractivity contribution in [3.63, 3.8) is 0 Å². The van der Waals surface area contributed by atoms with Gasteiger partial charge in [0.1, 0.15) is 0 Å². The van der Waals surface area contributed by atoms with Gasteiger partial charge in [-0.25, -0.2) is 4.68 Å². The number of hydrogen-bond donors (Lipinski definition) is 0. The van der Waals surface area contributed by atoms with Crippen LogP contribution in [0.25, 0.3) is 0 Å². The number of nitrogens with zero attached hydrogens (tertiary/aromatic N) is 3. The molecule has 0 N–H and O–H groups in total. The largest absolute Gasteiger partial charge is 0.351 e. The Morgan fingerprint density at radius 3 is 2.50 bits per heavy atom. The summed E-state index contributed by atoms with van der Waals surface area (Å²) in [6.45, 7) is 3.37. The highest BCUT2D eigenvalue weighted by atomic mass is 32.3. The van der Waals surface area contributed by atoms with Crippen LogP contribution >= 0.6 is 0 Å². The van der Waals surface area contributed by atoms with Crippen LogP contribution in [0.1, 0.15) is 19.9 Å². The Hall–Kier alpha value is -0.980. The van der Waals surface area contributed by atoms with E-state index in [1.807, 2.05) is 0 Å². The molecule has 0 saturated carbocycles. The van der Waals surface area contributed by atoms with Crippen LogP contribution in [0, 0.1) is 0 Å². The third kappa shape index (κ3) is 1.60. The molecule has 0 radical (unpaired) electrons. The molecule has 12 heavy (non-hydrogen) atoms. The van der Waals surface area contributed by atoms with E-state index in [1.165, 1.54) is 0 Å². The number of rotatable bonds is 2. The average Bonchev–Trinajstić information content (AvgIpc) is 2.30. The summed E-state index contributed by atoms with van der Waals surface area (Å²) in [6, 6.07) is -0.229. The van der Waals surface area contributed by atoms with Gasteiger partial charge in [0.2, 0.25) is 5.03 Å². The summed E-state index contributed by atoms with van der Waals surface area (Å²) in [5.74, 6) is 0. The molecule has 1 rings (SSSR count). The lowest BCUT2D eigenvalue weighted by Crippen LogP contribution is -2.09. The minimum absolute atomic E-state index is 0.229. The summed E-state index contributed by atoms with van der Waals surface area (Å²) < 4.78 is 34.4. The second-order valence-electron chi connectivity index (χ2n) is 2.55. The standard InChI is InChI=1S/C5H8FN3O2S/c1-4(2)9-5(3-7-8-9)12(6,10)11/h3-4H,1-2H3. The molecule has 0 atom stereocenters. The van der Waals surface area contributed by atoms with Gasteiger partial charge in [0.15, 0.2) is 0 Å². The van der Waals surface area contributed by atoms with Gasteiger partial charge in [0.05, 0.1) is 6.20 Å². The van der Waals surface area contributed by atoms with Crippen molar-refractivity contribution in [1.82, 2.24) is 15.0 Å². The minimum Gasteiger partial charge on any atom is -0.229 e. The molecule has 0 unspecified atom stereocenters. The lowest BCUT2D eigenvalue weighted by Gasteiger charge is -2.05. The van der Waals surface area contributed by atoms with Gasteiger partial charge in [-0.3, -0.25) is 0 Å². The first-order valence-corrected chi connectivity index (χ1v) is 4.66. The van der Waals surface area contributed by atoms with Crippen molar-refractivity contribution in [2.45, 2.75) is 24.9 Å². The van der Waals surface area contributed by atoms with Crippen LogP contribution < -0.4 is 0 Å². The van der Waals surface area contributed by atoms with Gasteiger partial charge < -0.3 is 0 Å². The van der Waals surface area contributed by atoms with Crippen molar-refractivity contribution in [1.29, 1.82) is 0 Å². The molecule has 0 aliphatic carbocycles. The topological polar surface area (TPSA) is 64.8 Å². The smallest absolute Gasteiger partial charge is 0.229 e. The van der Waals surface area contributed by atoms with Gasteiger partial charge in [-0.2, -0.15) is 8.42 Å². The van der Waals surface area contributed by atoms with Crippen molar-refractivity contribution in [3.05, 3.63) is 6.20 Å². The summed E-state index contributed by atoms with van der Waals surface area (Å²) in [5.41, 5.74) is 0. The molecule has 7 heteroatoms. The first kappa shape index (κ1) is 9.11. The molecule has 0 amide bonds. The van der Waals surface area contributed by atoms with E-state index >= 15 is 0 Å². The predicted octanol–water partition coefficient (Wildman–Crippen LogP) is 0.517. The highest BCUT2D eigenvalue weighted by molar-refractivity contribution is 7.86. The van der Waals surface area contributed by atoms with Crippen LogP contribution in [0.2, 0.25) is 0 Å². The van der Waals surface area contributed by atoms with Gasteiger partial charge >= 0.3 is 10.2 Å². The third-order valence-electron chi connectivity index (χ3n) is 1.28. The zero-order chi connectivity index (χ0) is 9.35. The minimum atomic E-state index is -4.70. The van der Waals surface area contributed by atoms with E-state index in [0.29, 0.717) is 0 Å². The Labute approximate surface area is 69.4 Å². The average molecular weight is 193 g/mol. The molecule has 0 spiro atoms. The monoisotopic (exact) mass is 193 g/mol. The fraction of sp³-hybridized carbons (Fsp3) is 0.600. The molecule has 5 nitrogen and oxygen atoms in total. The van der Waals surface area contributed by atoms with Crippen LogP contribution in [-0.4, -0.2) is 23.4 Å². The van der Waals surface area contributed by atoms with E-state index in [-0.39, 0.29) is 6.04 Å². The summed E-state index contributed by atoms with van der Waals surface area (Å²) in [5, 5.41) is 6.23. The van der Waals surface area contributed by atoms with E-state index in [2.05, 4.69) is 10.3 Å². The highest BCUT2D eigenvalue weighted by Gasteiger charge is 2.20. The maximum Gasteiger partial charge on any atom is 0.351 e. The van der Waals surface area contributed by atoms with Crippen molar-refractivity contribution in [2.75, 3.05) is 0 Å². The maximum atomic E-state index is 12.4. The second kappa shape index (κ2) is 2.81. The molecular formula is C5H8FN3O2S. The predicted molar refractivity (Wildman–Crippen MR) is 38.7 cm³/mol. The summed E-state index contributed by atoms with van der Waals surface area (Å²) in [6.07, 6.45) is 0.884. The molecular weight excluding hydrogens is 185 g/mol. The fourth-order valence-electron chi connectivity index (χ4n) is 0.767. The van der Waals surface area contributed by atoms with E-state index in [9.17, 15) is 12.3 Å². The van der Waals surface area contributed by atoms with Crippen molar-refractivity contribution < 1.29 is 12.3 Å². The van der Waals surface area contributed by atoms with Crippen LogP contribution in [0.15, 0.2) is 11.2 Å². The second-order valence-corrected chi connectivity index (χ2v) is 3.84. The fourth-order valence-corrected chi connectivity index (χ4v) is 1.41. The van der Waals surface area contributed by atoms with Gasteiger partial charge in [-0.05, 0) is 13.8 Å². The Kier molecular flexibility index (Phi) is 2.14. The van der Waals surface area contributed by atoms with Crippen LogP contribution in [0.3, 0.4) is 0 Å². The molecule has 0 aromatic carbocycles. The first-order valence-electron chi connectivity index (χ1n) is 3.28. The van der Waals surface area contributed by atoms with Gasteiger partial charge in [0.25, 0.3) is 0 Å². The van der Waals surface area contributed by atoms with Crippen LogP contribution in [-0.2, 0) is 10.2 Å². The van der Waals surface area contributed by atoms with Crippen LogP contribution in [0.5, 0.6) is 0 Å². The highest BCUT2D eigenvalue weighted by Crippen LogP contribution is 2.13. The molecule has 1 heterocycles. The third-order valence-corrected chi connectivity index (χ3v) is 2.07. The van der Waals surface area contributed by atoms with Crippen LogP contribution in [0.4, 0.5) is 3.89 Å². The van der Waals surface area contributed by atoms with E-state index in [4.69, 9.17) is 0 Å². The molecule has 0 aliphatic rings. The molecule has 0 bridgehead atoms. The summed E-state index contributed by atoms with van der Waals surface area (Å²) in [7, 11) is -4.70. The zero-order valence-electron chi connectivity index (χ0n) is 6.60. The maximum absolute atomic E-state index is 12.4. The quantitative estimate of drug-likeness (QED) is 0.642. The lowest BCUT2D eigenvalue weighted by atomic mass is 10.4. The number of hydrogen-bond acceptors (Lipinski definition) is 4. The number of halogens is 1. The molecule has 0 saturated heterocycles. The van der Waals surface area contributed by atoms with Crippen molar-refractivity contribution in [2.24, 2.45) is 0 Å². The molecule has 68 valence electrons. The van der Waals surface area contributed by atoms with Gasteiger partial charge in [-0.15, -0.1) is 5.10 Å². The first-order chi connectivity index (χ1) is 5.43. The van der Waals surface area contributed by atoms with E-state index in [1.54, 1.807) is 13.8 Å². The lowest BCUT2D eigenvalue weighted by molar-refractivity contribution is 0.457. The number of aromatic nitrogens is 3. The Morgan fingerprint density at radius 1 is 1.58 bits per heavy atom. The molecule has 1 aromatic heterocycles. The Bertz CT molecular complexity index is 370. The van der Waals surface area contributed by atoms with E-state index in [0.717, 1.165) is 10.9 Å². The van der Waals surface area contributed by atoms with Crippen molar-refractivity contribution in [3.8, 4) is 0 Å². The van der Waals surface area contributed by atoms with Gasteiger partial charge in [-0.1, -0.05) is 9.10 Å². The Morgan fingerprint density at radius 2 is 2.17 bits per heavy atom. The normalized spacial score (nSPS) is 12.3. The summed E-state index contributed by atoms with van der Waals surface area (Å²) >= 11 is 0. The zero-order valence-corrected chi connectivity index (χ0v) is 7.42.